The minimum absolute atomic E-state index is 0. The number of halogens is 6. The number of hydrogen-bond donors (Lipinski definition) is 6. The maximum Gasteiger partial charge on any atom is 2.00 e. The summed E-state index contributed by atoms with van der Waals surface area (Å²) in [6, 6.07) is 8.77. The molecular weight excluding hydrogens is 876 g/mol. The molecule has 21 heteroatoms. The summed E-state index contributed by atoms with van der Waals surface area (Å²) in [4.78, 5) is 21.9. The number of carboxylic acid groups (broad SMARTS) is 1. The van der Waals surface area contributed by atoms with Crippen LogP contribution in [0, 0.1) is 7.43 Å². The molecule has 0 heterocycles. The van der Waals surface area contributed by atoms with Crippen LogP contribution in [-0.4, -0.2) is 90.1 Å². The van der Waals surface area contributed by atoms with Gasteiger partial charge in [0.05, 0.1) is 66.2 Å². The minimum Gasteiger partial charge on any atom is -1.00 e. The van der Waals surface area contributed by atoms with Gasteiger partial charge in [-0.15, -0.1) is 0 Å². The second-order valence-corrected chi connectivity index (χ2v) is 12.5. The molecule has 9 N–H and O–H groups in total. The van der Waals surface area contributed by atoms with Crippen LogP contribution in [0.2, 0.25) is 15.1 Å². The first-order valence-corrected chi connectivity index (χ1v) is 16.3. The van der Waals surface area contributed by atoms with Gasteiger partial charge in [-0.3, -0.25) is 0 Å². The van der Waals surface area contributed by atoms with Gasteiger partial charge in [0.2, 0.25) is 9.23 Å². The predicted octanol–water partition coefficient (Wildman–Crippen LogP) is 3.87. The van der Waals surface area contributed by atoms with Crippen LogP contribution < -0.4 is 48.4 Å². The van der Waals surface area contributed by atoms with Crippen molar-refractivity contribution in [2.24, 2.45) is 0 Å². The van der Waals surface area contributed by atoms with E-state index in [2.05, 4.69) is 26.1 Å². The van der Waals surface area contributed by atoms with Crippen molar-refractivity contribution in [2.45, 2.75) is 26.9 Å². The standard InChI is InChI=1S/C10H14ClNO2.C9H10ClNO3.C8H8ClNO3.CH4O.CH4.CH3.BrH.Cl2OS.Mg/c1-10(2,13)6-4-7(11)8(12)5-9(6)14-3;1-13-8-4-7(11)6(10)3-5(8)9(12)14-2;1-13-7-3-6(10)5(9)2-4(7)8(11)12;1-2;;;;1-4(2)3;/h4-5,13H,12H2,1-3H3;3-4H,11H2,1-2H3;2-3H,10H2,1H3,(H,11,12);2H,1H3;1H4;1H3;1H;;/q;;;;;-1;;;+2/p-1. The molecule has 0 unspecified atom stereocenters. The largest absolute Gasteiger partial charge is 2.00 e. The molecule has 0 saturated heterocycles. The summed E-state index contributed by atoms with van der Waals surface area (Å²) in [5, 5.41) is 26.5. The van der Waals surface area contributed by atoms with E-state index < -0.39 is 26.8 Å². The molecular formula is C30H43BrCl5MgN3O10S. The maximum atomic E-state index is 11.3. The third kappa shape index (κ3) is 22.1. The van der Waals surface area contributed by atoms with Crippen molar-refractivity contribution in [3.05, 3.63) is 75.6 Å². The second kappa shape index (κ2) is 30.6. The first-order valence-electron chi connectivity index (χ1n) is 12.4. The summed E-state index contributed by atoms with van der Waals surface area (Å²) in [6.45, 7) is 3.33. The quantitative estimate of drug-likeness (QED) is 0.0680. The van der Waals surface area contributed by atoms with Gasteiger partial charge in [0.25, 0.3) is 0 Å². The van der Waals surface area contributed by atoms with Crippen LogP contribution in [0.3, 0.4) is 0 Å². The Labute approximate surface area is 352 Å². The van der Waals surface area contributed by atoms with Crippen molar-refractivity contribution in [1.29, 1.82) is 0 Å². The number of aliphatic hydroxyl groups is 2. The number of carbonyl (C=O) groups is 2. The molecule has 13 nitrogen and oxygen atoms in total. The van der Waals surface area contributed by atoms with E-state index in [1.807, 2.05) is 0 Å². The molecule has 0 aliphatic rings. The molecule has 0 radical (unpaired) electrons. The van der Waals surface area contributed by atoms with Crippen molar-refractivity contribution in [3.63, 3.8) is 0 Å². The average Bonchev–Trinajstić information content (AvgIpc) is 3.00. The Kier molecular flexibility index (Phi) is 36.7. The van der Waals surface area contributed by atoms with E-state index in [1.165, 1.54) is 52.7 Å². The Balaban J connectivity index is -0.000000133. The van der Waals surface area contributed by atoms with Crippen LogP contribution >= 0.6 is 56.2 Å². The molecule has 0 spiro atoms. The SMILES string of the molecule is C.CO.COC(=O)c1cc(Cl)c(N)cc1OC.COc1cc(N)c(Cl)cc1C(=O)O.COc1cc(N)c(Cl)cc1C(C)(C)O.O=S(Cl)Cl.[Br-].[CH3-].[Mg+2]. The van der Waals surface area contributed by atoms with E-state index in [1.54, 1.807) is 26.0 Å². The van der Waals surface area contributed by atoms with E-state index in [4.69, 9.17) is 80.6 Å². The van der Waals surface area contributed by atoms with Crippen molar-refractivity contribution < 1.29 is 65.0 Å². The van der Waals surface area contributed by atoms with Crippen molar-refractivity contribution in [1.82, 2.24) is 0 Å². The number of aliphatic hydroxyl groups excluding tert-OH is 1. The number of nitrogens with two attached hydrogens (primary N) is 3. The van der Waals surface area contributed by atoms with Crippen LogP contribution in [0.1, 0.15) is 47.6 Å². The fourth-order valence-electron chi connectivity index (χ4n) is 3.13. The zero-order chi connectivity index (χ0) is 37.2. The van der Waals surface area contributed by atoms with Gasteiger partial charge in [0, 0.05) is 52.2 Å². The summed E-state index contributed by atoms with van der Waals surface area (Å²) in [7, 11) is 14.0. The fraction of sp³-hybridized carbons (Fsp3) is 0.300. The molecule has 0 aliphatic carbocycles. The van der Waals surface area contributed by atoms with Crippen molar-refractivity contribution >= 4 is 117 Å². The van der Waals surface area contributed by atoms with E-state index in [0.717, 1.165) is 7.11 Å². The third-order valence-electron chi connectivity index (χ3n) is 5.25. The molecule has 3 aromatic rings. The Hall–Kier alpha value is -1.83. The van der Waals surface area contributed by atoms with Crippen LogP contribution in [0.15, 0.2) is 36.4 Å². The molecule has 0 fully saturated rings. The Bertz CT molecular complexity index is 1520. The summed E-state index contributed by atoms with van der Waals surface area (Å²) < 4.78 is 28.5. The number of methoxy groups -OCH3 is 4. The minimum atomic E-state index is -1.67. The Morgan fingerprint density at radius 2 is 1.02 bits per heavy atom. The number of anilines is 3. The summed E-state index contributed by atoms with van der Waals surface area (Å²) in [5.74, 6) is -0.518. The third-order valence-corrected chi connectivity index (χ3v) is 6.23. The number of benzene rings is 3. The van der Waals surface area contributed by atoms with Gasteiger partial charge in [-0.1, -0.05) is 42.2 Å². The monoisotopic (exact) mass is 915 g/mol. The van der Waals surface area contributed by atoms with E-state index in [9.17, 15) is 14.7 Å². The van der Waals surface area contributed by atoms with E-state index in [-0.39, 0.29) is 76.8 Å². The first kappa shape index (κ1) is 61.2. The molecule has 0 aliphatic heterocycles. The number of hydrogen-bond acceptors (Lipinski definition) is 12. The van der Waals surface area contributed by atoms with Crippen LogP contribution in [-0.2, 0) is 19.6 Å². The predicted molar refractivity (Wildman–Crippen MR) is 208 cm³/mol. The first-order chi connectivity index (χ1) is 21.7. The van der Waals surface area contributed by atoms with Crippen molar-refractivity contribution in [3.8, 4) is 17.2 Å². The second-order valence-electron chi connectivity index (χ2n) is 8.76. The van der Waals surface area contributed by atoms with Crippen LogP contribution in [0.4, 0.5) is 17.1 Å². The van der Waals surface area contributed by atoms with Gasteiger partial charge in [-0.25, -0.2) is 13.8 Å². The van der Waals surface area contributed by atoms with Gasteiger partial charge in [0.1, 0.15) is 28.4 Å². The molecule has 0 bridgehead atoms. The molecule has 288 valence electrons. The molecule has 0 atom stereocenters. The average molecular weight is 919 g/mol. The molecule has 51 heavy (non-hydrogen) atoms. The number of ether oxygens (including phenoxy) is 4. The van der Waals surface area contributed by atoms with Gasteiger partial charge >= 0.3 is 35.0 Å². The Morgan fingerprint density at radius 3 is 1.31 bits per heavy atom. The molecule has 0 amide bonds. The van der Waals surface area contributed by atoms with E-state index in [0.29, 0.717) is 44.2 Å². The summed E-state index contributed by atoms with van der Waals surface area (Å²) >= 11 is 17.3. The van der Waals surface area contributed by atoms with Gasteiger partial charge in [-0.05, 0) is 32.0 Å². The zero-order valence-electron chi connectivity index (χ0n) is 28.3. The normalized spacial score (nSPS) is 9.08. The molecule has 3 aromatic carbocycles. The van der Waals surface area contributed by atoms with Gasteiger partial charge in [-0.2, -0.15) is 0 Å². The maximum absolute atomic E-state index is 11.3. The zero-order valence-corrected chi connectivity index (χ0v) is 35.9. The Morgan fingerprint density at radius 1 is 0.725 bits per heavy atom. The number of rotatable bonds is 6. The molecule has 0 aromatic heterocycles. The summed E-state index contributed by atoms with van der Waals surface area (Å²) in [6.07, 6.45) is 0. The topological polar surface area (TPSA) is 227 Å². The van der Waals surface area contributed by atoms with Gasteiger partial charge in [0.15, 0.2) is 0 Å². The number of esters is 1. The van der Waals surface area contributed by atoms with Crippen molar-refractivity contribution in [2.75, 3.05) is 52.7 Å². The number of carbonyl (C=O) groups excluding carboxylic acids is 1. The van der Waals surface area contributed by atoms with Gasteiger partial charge < -0.3 is 75.9 Å². The molecule has 0 saturated carbocycles. The fourth-order valence-corrected chi connectivity index (χ4v) is 3.62. The molecule has 3 rings (SSSR count). The summed E-state index contributed by atoms with van der Waals surface area (Å²) in [5.41, 5.74) is 17.6. The van der Waals surface area contributed by atoms with Crippen LogP contribution in [0.5, 0.6) is 17.2 Å². The smallest absolute Gasteiger partial charge is 1.00 e. The number of carboxylic acids is 1. The number of nitrogen functional groups attached to an aromatic ring is 3. The van der Waals surface area contributed by atoms with Crippen LogP contribution in [0.25, 0.3) is 0 Å². The number of aromatic carboxylic acids is 1. The van der Waals surface area contributed by atoms with E-state index >= 15 is 0 Å².